The van der Waals surface area contributed by atoms with E-state index in [-0.39, 0.29) is 24.8 Å². The minimum atomic E-state index is -0.413. The zero-order valence-electron chi connectivity index (χ0n) is 10.5. The minimum absolute atomic E-state index is 0.00492. The van der Waals surface area contributed by atoms with E-state index in [0.717, 1.165) is 4.90 Å². The molecule has 19 heavy (non-hydrogen) atoms. The molecule has 0 aromatic heterocycles. The van der Waals surface area contributed by atoms with Crippen molar-refractivity contribution in [1.82, 2.24) is 15.5 Å². The summed E-state index contributed by atoms with van der Waals surface area (Å²) in [5.74, 6) is 0. The van der Waals surface area contributed by atoms with E-state index < -0.39 is 12.1 Å². The normalized spacial score (nSPS) is 28.2. The number of imide groups is 1. The molecule has 0 aromatic carbocycles. The highest BCUT2D eigenvalue weighted by molar-refractivity contribution is 5.93. The van der Waals surface area contributed by atoms with Crippen molar-refractivity contribution >= 4 is 12.1 Å². The lowest BCUT2D eigenvalue weighted by Gasteiger charge is -2.29. The lowest BCUT2D eigenvalue weighted by atomic mass is 10.3. The summed E-state index contributed by atoms with van der Waals surface area (Å²) in [5, 5.41) is 5.43. The number of ether oxygens (including phenoxy) is 3. The lowest BCUT2D eigenvalue weighted by Crippen LogP contribution is -2.56. The molecule has 0 spiro atoms. The first-order valence-corrected chi connectivity index (χ1v) is 6.39. The van der Waals surface area contributed by atoms with Gasteiger partial charge in [0.2, 0.25) is 0 Å². The van der Waals surface area contributed by atoms with Crippen molar-refractivity contribution in [3.63, 3.8) is 0 Å². The molecule has 106 valence electrons. The van der Waals surface area contributed by atoms with E-state index in [9.17, 15) is 9.59 Å². The zero-order chi connectivity index (χ0) is 13.2. The summed E-state index contributed by atoms with van der Waals surface area (Å²) in [5.41, 5.74) is 0. The Bertz CT molecular complexity index is 365. The molecule has 3 fully saturated rings. The predicted octanol–water partition coefficient (Wildman–Crippen LogP) is -1.10. The molecular formula is C11H17N3O5. The van der Waals surface area contributed by atoms with Crippen LogP contribution >= 0.6 is 0 Å². The molecule has 4 amide bonds. The van der Waals surface area contributed by atoms with Crippen molar-refractivity contribution in [3.05, 3.63) is 0 Å². The van der Waals surface area contributed by atoms with Crippen LogP contribution < -0.4 is 10.6 Å². The number of amides is 4. The van der Waals surface area contributed by atoms with Crippen LogP contribution in [0.1, 0.15) is 0 Å². The predicted molar refractivity (Wildman–Crippen MR) is 62.7 cm³/mol. The Morgan fingerprint density at radius 2 is 1.74 bits per heavy atom. The van der Waals surface area contributed by atoms with Crippen LogP contribution in [0.2, 0.25) is 0 Å². The van der Waals surface area contributed by atoms with Gasteiger partial charge in [0, 0.05) is 6.54 Å². The third kappa shape index (κ3) is 3.55. The van der Waals surface area contributed by atoms with Gasteiger partial charge in [-0.05, 0) is 0 Å². The molecule has 3 aliphatic rings. The molecule has 0 radical (unpaired) electrons. The average Bonchev–Trinajstić information content (AvgIpc) is 3.22. The van der Waals surface area contributed by atoms with E-state index in [2.05, 4.69) is 10.6 Å². The Balaban J connectivity index is 1.51. The largest absolute Gasteiger partial charge is 0.377 e. The third-order valence-electron chi connectivity index (χ3n) is 3.13. The fourth-order valence-electron chi connectivity index (χ4n) is 1.69. The van der Waals surface area contributed by atoms with E-state index in [1.807, 2.05) is 0 Å². The highest BCUT2D eigenvalue weighted by atomic mass is 16.6. The standard InChI is InChI=1S/C11H17N3O5/c15-10(12-1-8-5-18-8)14(2-9-6-19-9)11(16)13-7-3-17-4-7/h7-9H,1-6H2,(H,12,15)(H,13,16). The first-order chi connectivity index (χ1) is 9.22. The highest BCUT2D eigenvalue weighted by Gasteiger charge is 2.34. The van der Waals surface area contributed by atoms with Crippen molar-refractivity contribution in [3.8, 4) is 0 Å². The molecule has 8 nitrogen and oxygen atoms in total. The second-order valence-corrected chi connectivity index (χ2v) is 4.89. The first kappa shape index (κ1) is 12.6. The summed E-state index contributed by atoms with van der Waals surface area (Å²) in [6, 6.07) is -0.823. The summed E-state index contributed by atoms with van der Waals surface area (Å²) in [7, 11) is 0. The maximum atomic E-state index is 12.0. The summed E-state index contributed by atoms with van der Waals surface area (Å²) in [6.45, 7) is 2.96. The number of nitrogens with one attached hydrogen (secondary N) is 2. The molecule has 0 aliphatic carbocycles. The van der Waals surface area contributed by atoms with Crippen LogP contribution in [0.25, 0.3) is 0 Å². The number of rotatable bonds is 5. The van der Waals surface area contributed by atoms with Gasteiger partial charge < -0.3 is 24.8 Å². The fourth-order valence-corrected chi connectivity index (χ4v) is 1.69. The van der Waals surface area contributed by atoms with Crippen LogP contribution in [0.4, 0.5) is 9.59 Å². The number of nitrogens with zero attached hydrogens (tertiary/aromatic N) is 1. The highest BCUT2D eigenvalue weighted by Crippen LogP contribution is 2.12. The summed E-state index contributed by atoms with van der Waals surface area (Å²) < 4.78 is 15.1. The number of urea groups is 2. The van der Waals surface area contributed by atoms with E-state index in [0.29, 0.717) is 33.0 Å². The van der Waals surface area contributed by atoms with Crippen LogP contribution in [0.15, 0.2) is 0 Å². The van der Waals surface area contributed by atoms with Crippen molar-refractivity contribution in [2.75, 3.05) is 39.5 Å². The van der Waals surface area contributed by atoms with Crippen LogP contribution in [0.3, 0.4) is 0 Å². The van der Waals surface area contributed by atoms with Gasteiger partial charge in [-0.25, -0.2) is 14.5 Å². The first-order valence-electron chi connectivity index (χ1n) is 6.39. The van der Waals surface area contributed by atoms with Crippen LogP contribution in [-0.2, 0) is 14.2 Å². The summed E-state index contributed by atoms with van der Waals surface area (Å²) >= 11 is 0. The monoisotopic (exact) mass is 271 g/mol. The Labute approximate surface area is 110 Å². The van der Waals surface area contributed by atoms with E-state index >= 15 is 0 Å². The molecule has 2 N–H and O–H groups in total. The van der Waals surface area contributed by atoms with Crippen LogP contribution in [0, 0.1) is 0 Å². The second kappa shape index (κ2) is 5.32. The Morgan fingerprint density at radius 1 is 1.05 bits per heavy atom. The minimum Gasteiger partial charge on any atom is -0.377 e. The molecule has 0 saturated carbocycles. The quantitative estimate of drug-likeness (QED) is 0.619. The van der Waals surface area contributed by atoms with E-state index in [1.54, 1.807) is 0 Å². The van der Waals surface area contributed by atoms with E-state index in [1.165, 1.54) is 0 Å². The van der Waals surface area contributed by atoms with Crippen molar-refractivity contribution in [1.29, 1.82) is 0 Å². The molecule has 3 heterocycles. The van der Waals surface area contributed by atoms with Crippen molar-refractivity contribution in [2.45, 2.75) is 18.2 Å². The molecule has 0 aromatic rings. The van der Waals surface area contributed by atoms with Gasteiger partial charge in [-0.2, -0.15) is 0 Å². The second-order valence-electron chi connectivity index (χ2n) is 4.89. The average molecular weight is 271 g/mol. The fraction of sp³-hybridized carbons (Fsp3) is 0.818. The lowest BCUT2D eigenvalue weighted by molar-refractivity contribution is -0.00151. The van der Waals surface area contributed by atoms with Gasteiger partial charge in [-0.1, -0.05) is 0 Å². The topological polar surface area (TPSA) is 95.7 Å². The smallest absolute Gasteiger partial charge is 0.326 e. The molecular weight excluding hydrogens is 254 g/mol. The third-order valence-corrected chi connectivity index (χ3v) is 3.13. The van der Waals surface area contributed by atoms with Gasteiger partial charge in [0.1, 0.15) is 0 Å². The number of epoxide rings is 2. The Hall–Kier alpha value is -1.38. The molecule has 3 aliphatic heterocycles. The van der Waals surface area contributed by atoms with Crippen LogP contribution in [0.5, 0.6) is 0 Å². The van der Waals surface area contributed by atoms with Gasteiger partial charge in [0.15, 0.2) is 0 Å². The van der Waals surface area contributed by atoms with Crippen molar-refractivity contribution < 1.29 is 23.8 Å². The van der Waals surface area contributed by atoms with Gasteiger partial charge in [-0.15, -0.1) is 0 Å². The number of carbonyl (C=O) groups excluding carboxylic acids is 2. The van der Waals surface area contributed by atoms with Gasteiger partial charge in [0.25, 0.3) is 0 Å². The van der Waals surface area contributed by atoms with E-state index in [4.69, 9.17) is 14.2 Å². The molecule has 2 unspecified atom stereocenters. The summed E-state index contributed by atoms with van der Waals surface area (Å²) in [4.78, 5) is 25.2. The zero-order valence-corrected chi connectivity index (χ0v) is 10.5. The SMILES string of the molecule is O=C(NCC1CO1)N(CC1CO1)C(=O)NC1COC1. The Kier molecular flexibility index (Phi) is 3.54. The number of hydrogen-bond donors (Lipinski definition) is 2. The molecule has 3 saturated heterocycles. The molecule has 0 bridgehead atoms. The van der Waals surface area contributed by atoms with Gasteiger partial charge in [-0.3, -0.25) is 0 Å². The van der Waals surface area contributed by atoms with Crippen LogP contribution in [-0.4, -0.2) is 74.7 Å². The maximum Gasteiger partial charge on any atom is 0.326 e. The van der Waals surface area contributed by atoms with Gasteiger partial charge in [0.05, 0.1) is 51.2 Å². The van der Waals surface area contributed by atoms with Crippen molar-refractivity contribution in [2.24, 2.45) is 0 Å². The maximum absolute atomic E-state index is 12.0. The molecule has 2 atom stereocenters. The summed E-state index contributed by atoms with van der Waals surface area (Å²) in [6.07, 6.45) is 0.0531. The number of carbonyl (C=O) groups is 2. The molecule has 3 rings (SSSR count). The van der Waals surface area contributed by atoms with Gasteiger partial charge >= 0.3 is 12.1 Å². The molecule has 8 heteroatoms. The Morgan fingerprint density at radius 3 is 2.26 bits per heavy atom. The number of hydrogen-bond acceptors (Lipinski definition) is 5.